The molecule has 0 radical (unpaired) electrons. The monoisotopic (exact) mass is 207 g/mol. The summed E-state index contributed by atoms with van der Waals surface area (Å²) in [6, 6.07) is 6.46. The Morgan fingerprint density at radius 3 is 2.43 bits per heavy atom. The number of thiocarbonyl (C=S) groups is 1. The summed E-state index contributed by atoms with van der Waals surface area (Å²) in [7, 11) is 0. The smallest absolute Gasteiger partial charge is 0.0765 e. The summed E-state index contributed by atoms with van der Waals surface area (Å²) in [6.07, 6.45) is 0. The highest BCUT2D eigenvalue weighted by atomic mass is 32.1. The average Bonchev–Trinajstić information content (AvgIpc) is 2.07. The Bertz CT molecular complexity index is 342. The Labute approximate surface area is 91.5 Å². The van der Waals surface area contributed by atoms with E-state index in [1.54, 1.807) is 0 Å². The Balaban J connectivity index is 2.95. The second-order valence-electron chi connectivity index (χ2n) is 3.91. The molecule has 0 saturated carbocycles. The molecule has 2 heteroatoms. The van der Waals surface area contributed by atoms with E-state index >= 15 is 0 Å². The molecule has 0 amide bonds. The number of rotatable bonds is 2. The van der Waals surface area contributed by atoms with E-state index in [-0.39, 0.29) is 0 Å². The van der Waals surface area contributed by atoms with Gasteiger partial charge in [-0.15, -0.1) is 0 Å². The maximum Gasteiger partial charge on any atom is 0.0765 e. The predicted octanol–water partition coefficient (Wildman–Crippen LogP) is 3.88. The number of anilines is 1. The Kier molecular flexibility index (Phi) is 3.64. The van der Waals surface area contributed by atoms with Crippen molar-refractivity contribution in [2.24, 2.45) is 0 Å². The molecule has 0 bridgehead atoms. The summed E-state index contributed by atoms with van der Waals surface area (Å²) in [5.74, 6) is 0.580. The van der Waals surface area contributed by atoms with Crippen LogP contribution in [0, 0.1) is 6.92 Å². The van der Waals surface area contributed by atoms with Gasteiger partial charge >= 0.3 is 0 Å². The van der Waals surface area contributed by atoms with Crippen LogP contribution in [0.3, 0.4) is 0 Å². The van der Waals surface area contributed by atoms with Gasteiger partial charge in [-0.05, 0) is 37.0 Å². The number of benzene rings is 1. The standard InChI is InChI=1S/C12H17NS/c1-8(2)11-5-6-12(9(3)7-11)13-10(4)14/h5-8H,1-4H3,(H,13,14). The lowest BCUT2D eigenvalue weighted by Gasteiger charge is -2.11. The molecule has 0 aliphatic rings. The normalized spacial score (nSPS) is 10.4. The lowest BCUT2D eigenvalue weighted by atomic mass is 10.0. The van der Waals surface area contributed by atoms with E-state index in [0.717, 1.165) is 10.7 Å². The molecule has 1 aromatic rings. The van der Waals surface area contributed by atoms with Crippen LogP contribution in [0.2, 0.25) is 0 Å². The molecular weight excluding hydrogens is 190 g/mol. The van der Waals surface area contributed by atoms with Gasteiger partial charge in [0.05, 0.1) is 4.99 Å². The van der Waals surface area contributed by atoms with Crippen molar-refractivity contribution in [3.8, 4) is 0 Å². The van der Waals surface area contributed by atoms with Crippen molar-refractivity contribution in [1.82, 2.24) is 0 Å². The van der Waals surface area contributed by atoms with Crippen LogP contribution < -0.4 is 5.32 Å². The number of aryl methyl sites for hydroxylation is 1. The Morgan fingerprint density at radius 1 is 1.36 bits per heavy atom. The molecule has 0 spiro atoms. The minimum Gasteiger partial charge on any atom is -0.350 e. The fourth-order valence-electron chi connectivity index (χ4n) is 1.38. The first-order valence-corrected chi connectivity index (χ1v) is 5.29. The number of hydrogen-bond acceptors (Lipinski definition) is 1. The first-order chi connectivity index (χ1) is 6.50. The molecule has 76 valence electrons. The van der Waals surface area contributed by atoms with Gasteiger partial charge in [-0.1, -0.05) is 38.2 Å². The maximum atomic E-state index is 5.01. The van der Waals surface area contributed by atoms with Crippen LogP contribution in [0.1, 0.15) is 37.8 Å². The first kappa shape index (κ1) is 11.2. The van der Waals surface area contributed by atoms with Crippen molar-refractivity contribution in [3.05, 3.63) is 29.3 Å². The van der Waals surface area contributed by atoms with E-state index in [9.17, 15) is 0 Å². The molecular formula is C12H17NS. The van der Waals surface area contributed by atoms with E-state index in [1.165, 1.54) is 11.1 Å². The van der Waals surface area contributed by atoms with Crippen molar-refractivity contribution < 1.29 is 0 Å². The fourth-order valence-corrected chi connectivity index (χ4v) is 1.49. The van der Waals surface area contributed by atoms with Gasteiger partial charge in [-0.3, -0.25) is 0 Å². The van der Waals surface area contributed by atoms with Crippen LogP contribution in [-0.4, -0.2) is 4.99 Å². The van der Waals surface area contributed by atoms with Crippen LogP contribution in [0.15, 0.2) is 18.2 Å². The fraction of sp³-hybridized carbons (Fsp3) is 0.417. The van der Waals surface area contributed by atoms with Gasteiger partial charge in [0.15, 0.2) is 0 Å². The highest BCUT2D eigenvalue weighted by Gasteiger charge is 2.02. The Hall–Kier alpha value is -0.890. The lowest BCUT2D eigenvalue weighted by Crippen LogP contribution is -2.05. The van der Waals surface area contributed by atoms with Crippen molar-refractivity contribution in [1.29, 1.82) is 0 Å². The summed E-state index contributed by atoms with van der Waals surface area (Å²) >= 11 is 5.01. The third-order valence-corrected chi connectivity index (χ3v) is 2.33. The summed E-state index contributed by atoms with van der Waals surface area (Å²) in [6.45, 7) is 8.40. The number of hydrogen-bond donors (Lipinski definition) is 1. The predicted molar refractivity (Wildman–Crippen MR) is 67.2 cm³/mol. The molecule has 1 aromatic carbocycles. The number of nitrogens with one attached hydrogen (secondary N) is 1. The second kappa shape index (κ2) is 4.56. The lowest BCUT2D eigenvalue weighted by molar-refractivity contribution is 0.865. The second-order valence-corrected chi connectivity index (χ2v) is 4.52. The molecule has 0 fully saturated rings. The van der Waals surface area contributed by atoms with Crippen molar-refractivity contribution in [2.45, 2.75) is 33.6 Å². The highest BCUT2D eigenvalue weighted by molar-refractivity contribution is 7.80. The van der Waals surface area contributed by atoms with Gasteiger partial charge in [0, 0.05) is 5.69 Å². The zero-order valence-electron chi connectivity index (χ0n) is 9.22. The largest absolute Gasteiger partial charge is 0.350 e. The molecule has 1 rings (SSSR count). The molecule has 14 heavy (non-hydrogen) atoms. The van der Waals surface area contributed by atoms with E-state index in [2.05, 4.69) is 44.3 Å². The van der Waals surface area contributed by atoms with E-state index in [1.807, 2.05) is 6.92 Å². The molecule has 1 N–H and O–H groups in total. The van der Waals surface area contributed by atoms with Crippen molar-refractivity contribution >= 4 is 22.9 Å². The van der Waals surface area contributed by atoms with Gasteiger partial charge in [-0.25, -0.2) is 0 Å². The molecule has 0 aliphatic heterocycles. The van der Waals surface area contributed by atoms with Crippen LogP contribution in [-0.2, 0) is 0 Å². The quantitative estimate of drug-likeness (QED) is 0.739. The molecule has 0 unspecified atom stereocenters. The maximum absolute atomic E-state index is 5.01. The van der Waals surface area contributed by atoms with Gasteiger partial charge in [-0.2, -0.15) is 0 Å². The van der Waals surface area contributed by atoms with E-state index < -0.39 is 0 Å². The minimum absolute atomic E-state index is 0.580. The third-order valence-electron chi connectivity index (χ3n) is 2.23. The molecule has 0 aliphatic carbocycles. The van der Waals surface area contributed by atoms with Gasteiger partial charge < -0.3 is 5.32 Å². The summed E-state index contributed by atoms with van der Waals surface area (Å²) in [4.78, 5) is 0.811. The van der Waals surface area contributed by atoms with Crippen LogP contribution in [0.5, 0.6) is 0 Å². The zero-order valence-corrected chi connectivity index (χ0v) is 10.0. The zero-order chi connectivity index (χ0) is 10.7. The minimum atomic E-state index is 0.580. The van der Waals surface area contributed by atoms with Crippen LogP contribution >= 0.6 is 12.2 Å². The molecule has 0 aromatic heterocycles. The third kappa shape index (κ3) is 2.81. The first-order valence-electron chi connectivity index (χ1n) is 4.89. The van der Waals surface area contributed by atoms with Crippen LogP contribution in [0.25, 0.3) is 0 Å². The molecule has 1 nitrogen and oxygen atoms in total. The van der Waals surface area contributed by atoms with E-state index in [4.69, 9.17) is 12.2 Å². The molecule has 0 saturated heterocycles. The van der Waals surface area contributed by atoms with Gasteiger partial charge in [0.2, 0.25) is 0 Å². The Morgan fingerprint density at radius 2 is 2.00 bits per heavy atom. The highest BCUT2D eigenvalue weighted by Crippen LogP contribution is 2.21. The average molecular weight is 207 g/mol. The van der Waals surface area contributed by atoms with Crippen molar-refractivity contribution in [3.63, 3.8) is 0 Å². The van der Waals surface area contributed by atoms with Crippen LogP contribution in [0.4, 0.5) is 5.69 Å². The topological polar surface area (TPSA) is 12.0 Å². The summed E-state index contributed by atoms with van der Waals surface area (Å²) in [5.41, 5.74) is 3.73. The summed E-state index contributed by atoms with van der Waals surface area (Å²) < 4.78 is 0. The van der Waals surface area contributed by atoms with Crippen molar-refractivity contribution in [2.75, 3.05) is 5.32 Å². The molecule has 0 atom stereocenters. The van der Waals surface area contributed by atoms with E-state index in [0.29, 0.717) is 5.92 Å². The van der Waals surface area contributed by atoms with Gasteiger partial charge in [0.25, 0.3) is 0 Å². The summed E-state index contributed by atoms with van der Waals surface area (Å²) in [5, 5.41) is 3.17. The van der Waals surface area contributed by atoms with Gasteiger partial charge in [0.1, 0.15) is 0 Å². The SMILES string of the molecule is CC(=S)Nc1ccc(C(C)C)cc1C. The molecule has 0 heterocycles.